The lowest BCUT2D eigenvalue weighted by atomic mass is 10.0. The Hall–Kier alpha value is -2.58. The molecule has 0 atom stereocenters. The first kappa shape index (κ1) is 19.7. The van der Waals surface area contributed by atoms with Gasteiger partial charge in [-0.3, -0.25) is 4.79 Å². The summed E-state index contributed by atoms with van der Waals surface area (Å²) in [6.07, 6.45) is 1.58. The molecule has 2 aromatic carbocycles. The van der Waals surface area contributed by atoms with E-state index in [4.69, 9.17) is 9.47 Å². The summed E-state index contributed by atoms with van der Waals surface area (Å²) in [6.45, 7) is 3.41. The van der Waals surface area contributed by atoms with Crippen LogP contribution in [0.15, 0.2) is 41.3 Å². The van der Waals surface area contributed by atoms with Crippen molar-refractivity contribution < 1.29 is 22.7 Å². The van der Waals surface area contributed by atoms with Gasteiger partial charge in [0, 0.05) is 32.7 Å². The largest absolute Gasteiger partial charge is 0.486 e. The van der Waals surface area contributed by atoms with Crippen molar-refractivity contribution in [1.29, 1.82) is 0 Å². The highest BCUT2D eigenvalue weighted by Gasteiger charge is 2.26. The summed E-state index contributed by atoms with van der Waals surface area (Å²) < 4.78 is 38.7. The standard InChI is InChI=1S/C21H24N2O5S/c1-15(24)23-9-3-4-17-13-18(6-7-19(17)23)29(25,26)22(2)14-16-5-8-20-21(12-16)28-11-10-27-20/h5-8,12-13H,3-4,9-11,14H2,1-2H3. The zero-order valence-corrected chi connectivity index (χ0v) is 17.4. The fraction of sp³-hybridized carbons (Fsp3) is 0.381. The molecule has 0 aliphatic carbocycles. The SMILES string of the molecule is CC(=O)N1CCCc2cc(S(=O)(=O)N(C)Cc3ccc4c(c3)OCCO4)ccc21. The Kier molecular flexibility index (Phi) is 5.23. The average Bonchev–Trinajstić information content (AvgIpc) is 2.72. The number of ether oxygens (including phenoxy) is 2. The smallest absolute Gasteiger partial charge is 0.243 e. The number of amides is 1. The van der Waals surface area contributed by atoms with Crippen LogP contribution in [0.1, 0.15) is 24.5 Å². The van der Waals surface area contributed by atoms with Gasteiger partial charge in [0.15, 0.2) is 11.5 Å². The number of carbonyl (C=O) groups is 1. The minimum atomic E-state index is -3.67. The van der Waals surface area contributed by atoms with Gasteiger partial charge >= 0.3 is 0 Å². The molecule has 0 unspecified atom stereocenters. The van der Waals surface area contributed by atoms with E-state index < -0.39 is 10.0 Å². The van der Waals surface area contributed by atoms with E-state index in [1.165, 1.54) is 11.2 Å². The number of fused-ring (bicyclic) bond motifs is 2. The summed E-state index contributed by atoms with van der Waals surface area (Å²) in [5, 5.41) is 0. The second kappa shape index (κ2) is 7.68. The highest BCUT2D eigenvalue weighted by Crippen LogP contribution is 2.33. The molecular formula is C21H24N2O5S. The monoisotopic (exact) mass is 416 g/mol. The summed E-state index contributed by atoms with van der Waals surface area (Å²) in [5.74, 6) is 1.28. The topological polar surface area (TPSA) is 76.2 Å². The molecule has 2 heterocycles. The van der Waals surface area contributed by atoms with Crippen LogP contribution in [0.4, 0.5) is 5.69 Å². The second-order valence-corrected chi connectivity index (χ2v) is 9.35. The summed E-state index contributed by atoms with van der Waals surface area (Å²) in [6, 6.07) is 10.5. The highest BCUT2D eigenvalue weighted by atomic mass is 32.2. The molecule has 0 bridgehead atoms. The molecule has 7 nitrogen and oxygen atoms in total. The molecule has 0 spiro atoms. The van der Waals surface area contributed by atoms with Crippen LogP contribution < -0.4 is 14.4 Å². The van der Waals surface area contributed by atoms with Crippen molar-refractivity contribution in [3.05, 3.63) is 47.5 Å². The molecule has 0 aromatic heterocycles. The highest BCUT2D eigenvalue weighted by molar-refractivity contribution is 7.89. The van der Waals surface area contributed by atoms with E-state index in [0.717, 1.165) is 29.7 Å². The normalized spacial score (nSPS) is 15.9. The molecular weight excluding hydrogens is 392 g/mol. The summed E-state index contributed by atoms with van der Waals surface area (Å²) >= 11 is 0. The summed E-state index contributed by atoms with van der Waals surface area (Å²) in [7, 11) is -2.11. The molecule has 29 heavy (non-hydrogen) atoms. The Morgan fingerprint density at radius 3 is 2.62 bits per heavy atom. The lowest BCUT2D eigenvalue weighted by Gasteiger charge is -2.29. The minimum absolute atomic E-state index is 0.0303. The number of carbonyl (C=O) groups excluding carboxylic acids is 1. The van der Waals surface area contributed by atoms with Crippen LogP contribution in [0.2, 0.25) is 0 Å². The van der Waals surface area contributed by atoms with Crippen LogP contribution in [0.3, 0.4) is 0 Å². The maximum atomic E-state index is 13.1. The molecule has 0 fully saturated rings. The van der Waals surface area contributed by atoms with E-state index in [1.807, 2.05) is 12.1 Å². The van der Waals surface area contributed by atoms with Crippen molar-refractivity contribution in [1.82, 2.24) is 4.31 Å². The Bertz CT molecular complexity index is 1050. The molecule has 2 aliphatic heterocycles. The van der Waals surface area contributed by atoms with Gasteiger partial charge in [-0.15, -0.1) is 0 Å². The minimum Gasteiger partial charge on any atom is -0.486 e. The molecule has 4 rings (SSSR count). The zero-order chi connectivity index (χ0) is 20.6. The molecule has 2 aliphatic rings. The van der Waals surface area contributed by atoms with Crippen molar-refractivity contribution in [3.63, 3.8) is 0 Å². The first-order chi connectivity index (χ1) is 13.9. The van der Waals surface area contributed by atoms with E-state index in [9.17, 15) is 13.2 Å². The van der Waals surface area contributed by atoms with E-state index in [0.29, 0.717) is 31.3 Å². The van der Waals surface area contributed by atoms with E-state index in [2.05, 4.69) is 0 Å². The van der Waals surface area contributed by atoms with Gasteiger partial charge in [0.05, 0.1) is 4.90 Å². The quantitative estimate of drug-likeness (QED) is 0.766. The van der Waals surface area contributed by atoms with Crippen LogP contribution in [0.25, 0.3) is 0 Å². The predicted molar refractivity (Wildman–Crippen MR) is 109 cm³/mol. The van der Waals surface area contributed by atoms with Crippen LogP contribution in [0.5, 0.6) is 11.5 Å². The number of hydrogen-bond donors (Lipinski definition) is 0. The molecule has 154 valence electrons. The number of nitrogens with zero attached hydrogens (tertiary/aromatic N) is 2. The summed E-state index contributed by atoms with van der Waals surface area (Å²) in [4.78, 5) is 13.8. The molecule has 0 N–H and O–H groups in total. The van der Waals surface area contributed by atoms with E-state index in [1.54, 1.807) is 36.2 Å². The lowest BCUT2D eigenvalue weighted by Crippen LogP contribution is -2.34. The van der Waals surface area contributed by atoms with Crippen molar-refractivity contribution >= 4 is 21.6 Å². The zero-order valence-electron chi connectivity index (χ0n) is 16.6. The van der Waals surface area contributed by atoms with Crippen LogP contribution in [0, 0.1) is 0 Å². The molecule has 8 heteroatoms. The van der Waals surface area contributed by atoms with Gasteiger partial charge in [-0.2, -0.15) is 4.31 Å². The van der Waals surface area contributed by atoms with Gasteiger partial charge in [0.1, 0.15) is 13.2 Å². The number of aryl methyl sites for hydroxylation is 1. The van der Waals surface area contributed by atoms with E-state index >= 15 is 0 Å². The fourth-order valence-electron chi connectivity index (χ4n) is 3.77. The number of benzene rings is 2. The van der Waals surface area contributed by atoms with E-state index in [-0.39, 0.29) is 17.3 Å². The number of hydrogen-bond acceptors (Lipinski definition) is 5. The van der Waals surface area contributed by atoms with Crippen molar-refractivity contribution in [3.8, 4) is 11.5 Å². The maximum Gasteiger partial charge on any atom is 0.243 e. The molecule has 0 saturated carbocycles. The van der Waals surface area contributed by atoms with Crippen LogP contribution in [-0.4, -0.2) is 45.4 Å². The van der Waals surface area contributed by atoms with Crippen LogP contribution >= 0.6 is 0 Å². The summed E-state index contributed by atoms with van der Waals surface area (Å²) in [5.41, 5.74) is 2.51. The van der Waals surface area contributed by atoms with Gasteiger partial charge in [-0.05, 0) is 54.3 Å². The van der Waals surface area contributed by atoms with Gasteiger partial charge in [-0.25, -0.2) is 8.42 Å². The third kappa shape index (κ3) is 3.82. The van der Waals surface area contributed by atoms with Gasteiger partial charge < -0.3 is 14.4 Å². The first-order valence-corrected chi connectivity index (χ1v) is 11.1. The molecule has 0 saturated heterocycles. The van der Waals surface area contributed by atoms with Crippen molar-refractivity contribution in [2.24, 2.45) is 0 Å². The Morgan fingerprint density at radius 1 is 1.10 bits per heavy atom. The molecule has 1 amide bonds. The van der Waals surface area contributed by atoms with Crippen molar-refractivity contribution in [2.45, 2.75) is 31.2 Å². The third-order valence-electron chi connectivity index (χ3n) is 5.27. The van der Waals surface area contributed by atoms with Gasteiger partial charge in [0.25, 0.3) is 0 Å². The number of anilines is 1. The number of sulfonamides is 1. The van der Waals surface area contributed by atoms with Crippen molar-refractivity contribution in [2.75, 3.05) is 31.7 Å². The van der Waals surface area contributed by atoms with Gasteiger partial charge in [0.2, 0.25) is 15.9 Å². The van der Waals surface area contributed by atoms with Gasteiger partial charge in [-0.1, -0.05) is 6.07 Å². The predicted octanol–water partition coefficient (Wildman–Crippen LogP) is 2.58. The second-order valence-electron chi connectivity index (χ2n) is 7.30. The molecule has 2 aromatic rings. The molecule has 0 radical (unpaired) electrons. The fourth-order valence-corrected chi connectivity index (χ4v) is 4.98. The Morgan fingerprint density at radius 2 is 1.86 bits per heavy atom. The van der Waals surface area contributed by atoms with Crippen LogP contribution in [-0.2, 0) is 27.8 Å². The Labute approximate surface area is 170 Å². The Balaban J connectivity index is 1.57. The average molecular weight is 416 g/mol. The number of rotatable bonds is 4. The lowest BCUT2D eigenvalue weighted by molar-refractivity contribution is -0.116. The maximum absolute atomic E-state index is 13.1. The first-order valence-electron chi connectivity index (χ1n) is 9.62. The third-order valence-corrected chi connectivity index (χ3v) is 7.07.